The molecule has 1 aliphatic rings. The van der Waals surface area contributed by atoms with Crippen LogP contribution in [0.5, 0.6) is 5.75 Å². The largest absolute Gasteiger partial charge is 0.504 e. The van der Waals surface area contributed by atoms with Crippen LogP contribution in [0.4, 0.5) is 10.1 Å². The first-order valence-electron chi connectivity index (χ1n) is 3.47. The van der Waals surface area contributed by atoms with Gasteiger partial charge < -0.3 is 9.83 Å². The van der Waals surface area contributed by atoms with Gasteiger partial charge >= 0.3 is 0 Å². The summed E-state index contributed by atoms with van der Waals surface area (Å²) in [5.41, 5.74) is 0.270. The van der Waals surface area contributed by atoms with Crippen LogP contribution in [0.1, 0.15) is 0 Å². The van der Waals surface area contributed by atoms with E-state index in [0.29, 0.717) is 9.64 Å². The lowest BCUT2D eigenvalue weighted by molar-refractivity contribution is 0.469. The normalized spacial score (nSPS) is 14.4. The van der Waals surface area contributed by atoms with Crippen molar-refractivity contribution < 1.29 is 9.50 Å². The molecule has 2 rings (SSSR count). The number of aromatic hydroxyl groups is 1. The van der Waals surface area contributed by atoms with Gasteiger partial charge in [-0.25, -0.2) is 9.38 Å². The molecule has 0 amide bonds. The fourth-order valence-corrected chi connectivity index (χ4v) is 2.19. The third kappa shape index (κ3) is 1.57. The van der Waals surface area contributed by atoms with Crippen molar-refractivity contribution in [2.45, 2.75) is 4.90 Å². The highest BCUT2D eigenvalue weighted by atomic mass is 79.9. The van der Waals surface area contributed by atoms with E-state index in [2.05, 4.69) is 25.6 Å². The second kappa shape index (κ2) is 3.60. The van der Waals surface area contributed by atoms with Gasteiger partial charge in [-0.2, -0.15) is 0 Å². The van der Waals surface area contributed by atoms with Gasteiger partial charge in [0.05, 0.1) is 4.90 Å². The van der Waals surface area contributed by atoms with Crippen LogP contribution in [0.25, 0.3) is 0 Å². The van der Waals surface area contributed by atoms with Crippen LogP contribution in [-0.2, 0) is 0 Å². The summed E-state index contributed by atoms with van der Waals surface area (Å²) in [6, 6.07) is 1.22. The minimum Gasteiger partial charge on any atom is -0.504 e. The number of halogens is 3. The Balaban J connectivity index is 2.68. The number of fused-ring (bicyclic) bond motifs is 1. The van der Waals surface area contributed by atoms with Crippen LogP contribution in [0.15, 0.2) is 16.0 Å². The average Bonchev–Trinajstić information content (AvgIpc) is 2.16. The van der Waals surface area contributed by atoms with E-state index in [4.69, 9.17) is 11.6 Å². The Kier molecular flexibility index (Phi) is 2.59. The minimum atomic E-state index is -0.662. The molecule has 0 radical (unpaired) electrons. The SMILES string of the molecule is Oc1c(Cl)c(F)cc2c1N=C(Br)NS2. The van der Waals surface area contributed by atoms with Gasteiger partial charge in [-0.1, -0.05) is 11.6 Å². The number of phenolic OH excluding ortho intramolecular Hbond substituents is 1. The van der Waals surface area contributed by atoms with Gasteiger partial charge in [0.25, 0.3) is 0 Å². The maximum atomic E-state index is 13.1. The van der Waals surface area contributed by atoms with E-state index in [1.54, 1.807) is 0 Å². The second-order valence-corrected chi connectivity index (χ2v) is 4.45. The van der Waals surface area contributed by atoms with Crippen LogP contribution in [0.2, 0.25) is 5.02 Å². The highest BCUT2D eigenvalue weighted by Gasteiger charge is 2.20. The lowest BCUT2D eigenvalue weighted by atomic mass is 10.3. The lowest BCUT2D eigenvalue weighted by Gasteiger charge is -2.14. The molecule has 0 aromatic heterocycles. The Bertz CT molecular complexity index is 440. The zero-order chi connectivity index (χ0) is 10.3. The third-order valence-corrected chi connectivity index (χ3v) is 3.41. The molecule has 0 saturated heterocycles. The number of benzene rings is 1. The van der Waals surface area contributed by atoms with Crippen LogP contribution in [-0.4, -0.2) is 9.85 Å². The first-order valence-corrected chi connectivity index (χ1v) is 5.46. The van der Waals surface area contributed by atoms with E-state index in [0.717, 1.165) is 11.9 Å². The second-order valence-electron chi connectivity index (χ2n) is 2.47. The van der Waals surface area contributed by atoms with E-state index in [-0.39, 0.29) is 16.5 Å². The smallest absolute Gasteiger partial charge is 0.181 e. The Morgan fingerprint density at radius 1 is 1.64 bits per heavy atom. The van der Waals surface area contributed by atoms with Crippen molar-refractivity contribution >= 4 is 49.9 Å². The summed E-state index contributed by atoms with van der Waals surface area (Å²) in [5, 5.41) is 9.19. The number of nitrogens with zero attached hydrogens (tertiary/aromatic N) is 1. The summed E-state index contributed by atoms with van der Waals surface area (Å²) in [6.07, 6.45) is 0. The number of hydrogen-bond donors (Lipinski definition) is 2. The van der Waals surface area contributed by atoms with Crippen molar-refractivity contribution in [2.75, 3.05) is 0 Å². The first-order chi connectivity index (χ1) is 6.59. The molecule has 1 heterocycles. The topological polar surface area (TPSA) is 44.6 Å². The van der Waals surface area contributed by atoms with Gasteiger partial charge in [-0.15, -0.1) is 0 Å². The summed E-state index contributed by atoms with van der Waals surface area (Å²) in [6.45, 7) is 0. The summed E-state index contributed by atoms with van der Waals surface area (Å²) >= 11 is 9.78. The van der Waals surface area contributed by atoms with Gasteiger partial charge in [0, 0.05) is 0 Å². The molecule has 0 saturated carbocycles. The molecule has 2 N–H and O–H groups in total. The van der Waals surface area contributed by atoms with Crippen molar-refractivity contribution in [3.8, 4) is 5.75 Å². The molecular weight excluding hydrogens is 295 g/mol. The molecule has 0 unspecified atom stereocenters. The third-order valence-electron chi connectivity index (χ3n) is 1.59. The molecule has 0 aliphatic carbocycles. The van der Waals surface area contributed by atoms with Crippen LogP contribution in [0.3, 0.4) is 0 Å². The molecular formula is C7H3BrClFN2OS. The summed E-state index contributed by atoms with van der Waals surface area (Å²) in [4.78, 5) is 4.44. The van der Waals surface area contributed by atoms with Crippen LogP contribution >= 0.6 is 39.5 Å². The van der Waals surface area contributed by atoms with Crippen molar-refractivity contribution in [3.63, 3.8) is 0 Å². The number of hydrogen-bond acceptors (Lipinski definition) is 4. The van der Waals surface area contributed by atoms with Crippen molar-refractivity contribution in [2.24, 2.45) is 4.99 Å². The Morgan fingerprint density at radius 3 is 3.07 bits per heavy atom. The maximum absolute atomic E-state index is 13.1. The number of phenols is 1. The van der Waals surface area contributed by atoms with E-state index >= 15 is 0 Å². The molecule has 1 aromatic carbocycles. The van der Waals surface area contributed by atoms with E-state index in [1.165, 1.54) is 6.07 Å². The predicted octanol–water partition coefficient (Wildman–Crippen LogP) is 3.18. The summed E-state index contributed by atoms with van der Waals surface area (Å²) in [5.74, 6) is -1.00. The Labute approximate surface area is 96.6 Å². The number of amidine groups is 1. The monoisotopic (exact) mass is 296 g/mol. The highest BCUT2D eigenvalue weighted by molar-refractivity contribution is 9.18. The van der Waals surface area contributed by atoms with E-state index in [9.17, 15) is 9.50 Å². The molecule has 0 fully saturated rings. The Hall–Kier alpha value is -0.460. The van der Waals surface area contributed by atoms with Gasteiger partial charge in [-0.05, 0) is 33.9 Å². The Morgan fingerprint density at radius 2 is 2.36 bits per heavy atom. The highest BCUT2D eigenvalue weighted by Crippen LogP contribution is 2.44. The summed E-state index contributed by atoms with van der Waals surface area (Å²) < 4.78 is 16.3. The lowest BCUT2D eigenvalue weighted by Crippen LogP contribution is -2.11. The molecule has 0 bridgehead atoms. The van der Waals surface area contributed by atoms with Gasteiger partial charge in [0.1, 0.15) is 16.5 Å². The van der Waals surface area contributed by atoms with E-state index < -0.39 is 5.82 Å². The zero-order valence-electron chi connectivity index (χ0n) is 6.51. The molecule has 0 atom stereocenters. The fourth-order valence-electron chi connectivity index (χ4n) is 0.984. The maximum Gasteiger partial charge on any atom is 0.181 e. The van der Waals surface area contributed by atoms with E-state index in [1.807, 2.05) is 0 Å². The molecule has 3 nitrogen and oxygen atoms in total. The molecule has 1 aromatic rings. The van der Waals surface area contributed by atoms with Gasteiger partial charge in [0.15, 0.2) is 10.5 Å². The van der Waals surface area contributed by atoms with Crippen molar-refractivity contribution in [3.05, 3.63) is 16.9 Å². The molecule has 14 heavy (non-hydrogen) atoms. The molecule has 0 spiro atoms. The predicted molar refractivity (Wildman–Crippen MR) is 58.1 cm³/mol. The molecule has 1 aliphatic heterocycles. The average molecular weight is 298 g/mol. The molecule has 7 heteroatoms. The number of rotatable bonds is 0. The van der Waals surface area contributed by atoms with Gasteiger partial charge in [0.2, 0.25) is 0 Å². The number of aliphatic imine (C=N–C) groups is 1. The van der Waals surface area contributed by atoms with Crippen molar-refractivity contribution in [1.29, 1.82) is 0 Å². The van der Waals surface area contributed by atoms with Crippen molar-refractivity contribution in [1.82, 2.24) is 4.72 Å². The molecule has 74 valence electrons. The standard InChI is InChI=1S/C7H3BrClFN2OS/c8-7-11-5-3(14-12-7)1-2(10)4(9)6(5)13/h1,13H,(H,11,12). The summed E-state index contributed by atoms with van der Waals surface area (Å²) in [7, 11) is 0. The number of nitrogens with one attached hydrogen (secondary N) is 1. The van der Waals surface area contributed by atoms with Crippen LogP contribution in [0, 0.1) is 5.82 Å². The minimum absolute atomic E-state index is 0.270. The fraction of sp³-hybridized carbons (Fsp3) is 0. The first kappa shape index (κ1) is 10.1. The van der Waals surface area contributed by atoms with Crippen LogP contribution < -0.4 is 4.72 Å². The van der Waals surface area contributed by atoms with Gasteiger partial charge in [-0.3, -0.25) is 0 Å². The quantitative estimate of drug-likeness (QED) is 0.571. The zero-order valence-corrected chi connectivity index (χ0v) is 9.67.